The van der Waals surface area contributed by atoms with Crippen LogP contribution in [0.2, 0.25) is 5.02 Å². The van der Waals surface area contributed by atoms with Gasteiger partial charge in [0, 0.05) is 0 Å². The Morgan fingerprint density at radius 3 is 2.16 bits per heavy atom. The average molecular weight is 515 g/mol. The summed E-state index contributed by atoms with van der Waals surface area (Å²) >= 11 is 6.50. The molecule has 0 aromatic heterocycles. The molecule has 1 amide bonds. The third-order valence-corrected chi connectivity index (χ3v) is 6.26. The third-order valence-electron chi connectivity index (χ3n) is 5.98. The standard InChI is InChI=1S/C30H27ClN2O4/c1-21-11-9-10-12-23(21)20-37-28-26(31)17-22(18-27(28)36-2)19-32-33-29(34)30(35,24-13-5-3-6-14-24)25-15-7-4-8-16-25/h3-19,35H,20H2,1-2H3,(H,33,34)/b32-19-. The van der Waals surface area contributed by atoms with Gasteiger partial charge in [0.2, 0.25) is 0 Å². The van der Waals surface area contributed by atoms with Crippen LogP contribution in [0, 0.1) is 6.92 Å². The Hall–Kier alpha value is -4.13. The number of methoxy groups -OCH3 is 1. The summed E-state index contributed by atoms with van der Waals surface area (Å²) in [5.74, 6) is 0.146. The van der Waals surface area contributed by atoms with Crippen molar-refractivity contribution >= 4 is 23.7 Å². The van der Waals surface area contributed by atoms with Crippen LogP contribution >= 0.6 is 11.6 Å². The molecule has 6 nitrogen and oxygen atoms in total. The molecule has 0 aliphatic rings. The first kappa shape index (κ1) is 25.9. The van der Waals surface area contributed by atoms with Crippen LogP contribution in [0.1, 0.15) is 27.8 Å². The first-order chi connectivity index (χ1) is 17.9. The molecule has 2 N–H and O–H groups in total. The van der Waals surface area contributed by atoms with Crippen LogP contribution in [0.3, 0.4) is 0 Å². The number of carbonyl (C=O) groups excluding carboxylic acids is 1. The number of aliphatic hydroxyl groups is 1. The first-order valence-electron chi connectivity index (χ1n) is 11.6. The fraction of sp³-hybridized carbons (Fsp3) is 0.133. The number of hydrogen-bond donors (Lipinski definition) is 2. The molecule has 0 atom stereocenters. The van der Waals surface area contributed by atoms with Crippen molar-refractivity contribution < 1.29 is 19.4 Å². The summed E-state index contributed by atoms with van der Waals surface area (Å²) in [4.78, 5) is 13.2. The second-order valence-electron chi connectivity index (χ2n) is 8.39. The van der Waals surface area contributed by atoms with Crippen LogP contribution < -0.4 is 14.9 Å². The van der Waals surface area contributed by atoms with E-state index in [1.165, 1.54) is 13.3 Å². The van der Waals surface area contributed by atoms with Crippen molar-refractivity contribution in [2.45, 2.75) is 19.1 Å². The van der Waals surface area contributed by atoms with Crippen LogP contribution in [0.15, 0.2) is 102 Å². The number of ether oxygens (including phenoxy) is 2. The minimum Gasteiger partial charge on any atom is -0.493 e. The third kappa shape index (κ3) is 5.82. The largest absolute Gasteiger partial charge is 0.493 e. The van der Waals surface area contributed by atoms with Gasteiger partial charge in [-0.15, -0.1) is 0 Å². The van der Waals surface area contributed by atoms with Gasteiger partial charge in [0.1, 0.15) is 6.61 Å². The highest BCUT2D eigenvalue weighted by atomic mass is 35.5. The van der Waals surface area contributed by atoms with Crippen molar-refractivity contribution in [3.05, 3.63) is 130 Å². The minimum atomic E-state index is -1.93. The maximum atomic E-state index is 13.2. The lowest BCUT2D eigenvalue weighted by atomic mass is 9.85. The molecule has 0 unspecified atom stereocenters. The number of amides is 1. The van der Waals surface area contributed by atoms with Crippen LogP contribution in [-0.4, -0.2) is 24.3 Å². The molecular formula is C30H27ClN2O4. The molecule has 4 rings (SSSR count). The SMILES string of the molecule is COc1cc(/C=N\NC(=O)C(O)(c2ccccc2)c2ccccc2)cc(Cl)c1OCc1ccccc1C. The molecular weight excluding hydrogens is 488 g/mol. The van der Waals surface area contributed by atoms with Crippen molar-refractivity contribution in [3.63, 3.8) is 0 Å². The molecule has 0 saturated carbocycles. The second-order valence-corrected chi connectivity index (χ2v) is 8.80. The van der Waals surface area contributed by atoms with Gasteiger partial charge in [-0.1, -0.05) is 96.5 Å². The number of nitrogens with zero attached hydrogens (tertiary/aromatic N) is 1. The Morgan fingerprint density at radius 1 is 0.973 bits per heavy atom. The molecule has 4 aromatic carbocycles. The highest BCUT2D eigenvalue weighted by molar-refractivity contribution is 6.32. The molecule has 0 aliphatic carbocycles. The van der Waals surface area contributed by atoms with Gasteiger partial charge in [-0.25, -0.2) is 5.43 Å². The number of nitrogens with one attached hydrogen (secondary N) is 1. The van der Waals surface area contributed by atoms with Crippen molar-refractivity contribution in [3.8, 4) is 11.5 Å². The Morgan fingerprint density at radius 2 is 1.57 bits per heavy atom. The zero-order valence-corrected chi connectivity index (χ0v) is 21.3. The zero-order chi connectivity index (χ0) is 26.3. The highest BCUT2D eigenvalue weighted by Crippen LogP contribution is 2.37. The van der Waals surface area contributed by atoms with E-state index in [1.54, 1.807) is 60.7 Å². The molecule has 0 saturated heterocycles. The monoisotopic (exact) mass is 514 g/mol. The summed E-state index contributed by atoms with van der Waals surface area (Å²) < 4.78 is 11.4. The van der Waals surface area contributed by atoms with Crippen molar-refractivity contribution in [2.75, 3.05) is 7.11 Å². The lowest BCUT2D eigenvalue weighted by Crippen LogP contribution is -2.43. The van der Waals surface area contributed by atoms with E-state index >= 15 is 0 Å². The molecule has 4 aromatic rings. The number of rotatable bonds is 9. The number of aryl methyl sites for hydroxylation is 1. The summed E-state index contributed by atoms with van der Waals surface area (Å²) in [6, 6.07) is 28.7. The van der Waals surface area contributed by atoms with E-state index in [0.29, 0.717) is 39.8 Å². The zero-order valence-electron chi connectivity index (χ0n) is 20.5. The fourth-order valence-corrected chi connectivity index (χ4v) is 4.18. The average Bonchev–Trinajstić information content (AvgIpc) is 2.93. The molecule has 0 radical (unpaired) electrons. The van der Waals surface area contributed by atoms with Gasteiger partial charge in [-0.3, -0.25) is 4.79 Å². The molecule has 0 fully saturated rings. The normalized spacial score (nSPS) is 11.4. The predicted octanol–water partition coefficient (Wildman–Crippen LogP) is 5.62. The fourth-order valence-electron chi connectivity index (χ4n) is 3.91. The van der Waals surface area contributed by atoms with Gasteiger partial charge in [-0.2, -0.15) is 5.10 Å². The van der Waals surface area contributed by atoms with E-state index in [1.807, 2.05) is 43.3 Å². The predicted molar refractivity (Wildman–Crippen MR) is 145 cm³/mol. The number of hydrogen-bond acceptors (Lipinski definition) is 5. The summed E-state index contributed by atoms with van der Waals surface area (Å²) in [5, 5.41) is 15.9. The van der Waals surface area contributed by atoms with Crippen LogP contribution in [-0.2, 0) is 17.0 Å². The molecule has 188 valence electrons. The van der Waals surface area contributed by atoms with Crippen LogP contribution in [0.4, 0.5) is 0 Å². The first-order valence-corrected chi connectivity index (χ1v) is 12.0. The van der Waals surface area contributed by atoms with E-state index in [4.69, 9.17) is 21.1 Å². The summed E-state index contributed by atoms with van der Waals surface area (Å²) in [6.07, 6.45) is 1.42. The minimum absolute atomic E-state index is 0.337. The van der Waals surface area contributed by atoms with Crippen molar-refractivity contribution in [1.82, 2.24) is 5.43 Å². The van der Waals surface area contributed by atoms with E-state index < -0.39 is 11.5 Å². The van der Waals surface area contributed by atoms with Gasteiger partial charge >= 0.3 is 0 Å². The Kier molecular flexibility index (Phi) is 8.23. The smallest absolute Gasteiger partial charge is 0.281 e. The van der Waals surface area contributed by atoms with Gasteiger partial charge < -0.3 is 14.6 Å². The number of benzene rings is 4. The number of carbonyl (C=O) groups is 1. The van der Waals surface area contributed by atoms with E-state index in [0.717, 1.165) is 11.1 Å². The van der Waals surface area contributed by atoms with Gasteiger partial charge in [0.05, 0.1) is 18.3 Å². The molecule has 0 heterocycles. The Bertz CT molecular complexity index is 1350. The molecule has 0 spiro atoms. The lowest BCUT2D eigenvalue weighted by molar-refractivity contribution is -0.136. The Labute approximate surface area is 221 Å². The lowest BCUT2D eigenvalue weighted by Gasteiger charge is -2.27. The van der Waals surface area contributed by atoms with E-state index in [2.05, 4.69) is 10.5 Å². The number of hydrazone groups is 1. The molecule has 0 aliphatic heterocycles. The van der Waals surface area contributed by atoms with Crippen LogP contribution in [0.25, 0.3) is 0 Å². The molecule has 0 bridgehead atoms. The number of halogens is 1. The topological polar surface area (TPSA) is 80.2 Å². The summed E-state index contributed by atoms with van der Waals surface area (Å²) in [5.41, 5.74) is 4.11. The van der Waals surface area contributed by atoms with Crippen molar-refractivity contribution in [1.29, 1.82) is 0 Å². The van der Waals surface area contributed by atoms with Gasteiger partial charge in [0.15, 0.2) is 17.1 Å². The van der Waals surface area contributed by atoms with Crippen LogP contribution in [0.5, 0.6) is 11.5 Å². The maximum Gasteiger partial charge on any atom is 0.281 e. The molecule has 7 heteroatoms. The van der Waals surface area contributed by atoms with E-state index in [9.17, 15) is 9.90 Å². The molecule has 37 heavy (non-hydrogen) atoms. The van der Waals surface area contributed by atoms with Crippen molar-refractivity contribution in [2.24, 2.45) is 5.10 Å². The van der Waals surface area contributed by atoms with Gasteiger partial charge in [-0.05, 0) is 46.9 Å². The van der Waals surface area contributed by atoms with Gasteiger partial charge in [0.25, 0.3) is 5.91 Å². The second kappa shape index (κ2) is 11.7. The summed E-state index contributed by atoms with van der Waals surface area (Å²) in [7, 11) is 1.52. The maximum absolute atomic E-state index is 13.2. The summed E-state index contributed by atoms with van der Waals surface area (Å²) in [6.45, 7) is 2.35. The highest BCUT2D eigenvalue weighted by Gasteiger charge is 2.39. The Balaban J connectivity index is 1.53. The quantitative estimate of drug-likeness (QED) is 0.224. The van der Waals surface area contributed by atoms with E-state index in [-0.39, 0.29) is 0 Å².